The number of aliphatic hydroxyl groups is 1. The molecule has 2 aromatic rings. The van der Waals surface area contributed by atoms with Crippen LogP contribution in [0.2, 0.25) is 18.1 Å². The number of aliphatic hydroxyl groups excluding tert-OH is 1. The number of hydrogen-bond acceptors (Lipinski definition) is 6. The standard InChI is InChI=1S/C32H47N3O6Si/c1-24(41-42(7,8)31(2,3)4)32(28(37)21-22-36,34-29(38)35(5)6)27(20-19-25-15-11-9-12-16-25)33-30(39)40-23-26-17-13-10-14-18-26/h9-20,24,27,36H,21-23H2,1-8H3,(H,33,39)(H,34,38)/t24-,27+,32-/m0/s1. The van der Waals surface area contributed by atoms with E-state index in [1.165, 1.54) is 4.90 Å². The summed E-state index contributed by atoms with van der Waals surface area (Å²) in [5.74, 6) is -0.488. The van der Waals surface area contributed by atoms with E-state index in [9.17, 15) is 19.5 Å². The van der Waals surface area contributed by atoms with Gasteiger partial charge in [-0.1, -0.05) is 93.6 Å². The van der Waals surface area contributed by atoms with Crippen LogP contribution in [0.4, 0.5) is 9.59 Å². The van der Waals surface area contributed by atoms with Crippen molar-refractivity contribution in [3.8, 4) is 0 Å². The molecule has 0 heterocycles. The molecule has 0 aliphatic rings. The molecule has 3 amide bonds. The van der Waals surface area contributed by atoms with E-state index >= 15 is 0 Å². The third-order valence-corrected chi connectivity index (χ3v) is 12.3. The average molecular weight is 598 g/mol. The number of carbonyl (C=O) groups excluding carboxylic acids is 3. The van der Waals surface area contributed by atoms with Crippen LogP contribution in [-0.2, 0) is 20.6 Å². The summed E-state index contributed by atoms with van der Waals surface area (Å²) >= 11 is 0. The second-order valence-corrected chi connectivity index (χ2v) is 16.8. The van der Waals surface area contributed by atoms with E-state index < -0.39 is 50.5 Å². The van der Waals surface area contributed by atoms with Crippen molar-refractivity contribution in [1.82, 2.24) is 15.5 Å². The second-order valence-electron chi connectivity index (χ2n) is 12.1. The van der Waals surface area contributed by atoms with Gasteiger partial charge in [-0.25, -0.2) is 9.59 Å². The van der Waals surface area contributed by atoms with Gasteiger partial charge in [0, 0.05) is 20.5 Å². The molecule has 0 fully saturated rings. The quantitative estimate of drug-likeness (QED) is 0.268. The summed E-state index contributed by atoms with van der Waals surface area (Å²) in [5.41, 5.74) is -0.180. The van der Waals surface area contributed by atoms with Gasteiger partial charge in [-0.05, 0) is 36.2 Å². The van der Waals surface area contributed by atoms with Crippen molar-refractivity contribution in [2.24, 2.45) is 0 Å². The highest BCUT2D eigenvalue weighted by Crippen LogP contribution is 2.39. The molecular formula is C32H47N3O6Si. The summed E-state index contributed by atoms with van der Waals surface area (Å²) < 4.78 is 12.3. The van der Waals surface area contributed by atoms with E-state index in [0.717, 1.165) is 11.1 Å². The highest BCUT2D eigenvalue weighted by molar-refractivity contribution is 6.74. The molecule has 0 aromatic heterocycles. The number of alkyl carbamates (subject to hydrolysis) is 1. The van der Waals surface area contributed by atoms with Crippen LogP contribution in [0.3, 0.4) is 0 Å². The fourth-order valence-corrected chi connectivity index (χ4v) is 5.61. The largest absolute Gasteiger partial charge is 0.445 e. The molecule has 0 aliphatic carbocycles. The molecule has 3 atom stereocenters. The van der Waals surface area contributed by atoms with Gasteiger partial charge >= 0.3 is 12.1 Å². The minimum absolute atomic E-state index is 0.0134. The maximum atomic E-state index is 14.1. The third-order valence-electron chi connectivity index (χ3n) is 7.70. The summed E-state index contributed by atoms with van der Waals surface area (Å²) in [6.07, 6.45) is 1.48. The Morgan fingerprint density at radius 3 is 2.10 bits per heavy atom. The monoisotopic (exact) mass is 597 g/mol. The summed E-state index contributed by atoms with van der Waals surface area (Å²) in [7, 11) is 0.619. The number of benzene rings is 2. The SMILES string of the molecule is C[C@H](O[Si](C)(C)C(C)(C)C)[C@@](NC(=O)N(C)C)(C(=O)CCO)[C@@H](C=Cc1ccccc1)NC(=O)OCc1ccccc1. The van der Waals surface area contributed by atoms with E-state index in [1.807, 2.05) is 60.7 Å². The van der Waals surface area contributed by atoms with Crippen molar-refractivity contribution < 1.29 is 28.7 Å². The van der Waals surface area contributed by atoms with Crippen molar-refractivity contribution >= 4 is 32.3 Å². The minimum Gasteiger partial charge on any atom is -0.445 e. The third kappa shape index (κ3) is 9.27. The first-order valence-corrected chi connectivity index (χ1v) is 17.1. The van der Waals surface area contributed by atoms with Crippen molar-refractivity contribution in [3.05, 3.63) is 77.9 Å². The van der Waals surface area contributed by atoms with Crippen LogP contribution < -0.4 is 10.6 Å². The van der Waals surface area contributed by atoms with Crippen molar-refractivity contribution in [2.75, 3.05) is 20.7 Å². The molecule has 2 rings (SSSR count). The van der Waals surface area contributed by atoms with Crippen LogP contribution >= 0.6 is 0 Å². The van der Waals surface area contributed by atoms with Gasteiger partial charge in [-0.2, -0.15) is 0 Å². The fourth-order valence-electron chi connectivity index (χ4n) is 4.19. The number of ether oxygens (including phenoxy) is 1. The highest BCUT2D eigenvalue weighted by atomic mass is 28.4. The zero-order chi connectivity index (χ0) is 31.6. The molecule has 9 nitrogen and oxygen atoms in total. The zero-order valence-electron chi connectivity index (χ0n) is 26.1. The second kappa shape index (κ2) is 15.1. The molecule has 10 heteroatoms. The number of Topliss-reactive ketones (excluding diaryl/α,β-unsaturated/α-hetero) is 1. The Balaban J connectivity index is 2.68. The number of rotatable bonds is 13. The molecule has 0 saturated carbocycles. The van der Waals surface area contributed by atoms with Crippen LogP contribution in [0.1, 0.15) is 45.2 Å². The van der Waals surface area contributed by atoms with E-state index in [4.69, 9.17) is 9.16 Å². The first-order chi connectivity index (χ1) is 19.6. The Morgan fingerprint density at radius 2 is 1.57 bits per heavy atom. The van der Waals surface area contributed by atoms with Crippen LogP contribution in [0, 0.1) is 0 Å². The molecule has 0 bridgehead atoms. The number of carbonyl (C=O) groups is 3. The normalized spacial score (nSPS) is 14.9. The predicted octanol–water partition coefficient (Wildman–Crippen LogP) is 5.37. The lowest BCUT2D eigenvalue weighted by Gasteiger charge is -2.48. The Morgan fingerprint density at radius 1 is 1.00 bits per heavy atom. The fraction of sp³-hybridized carbons (Fsp3) is 0.469. The first kappa shape index (κ1) is 34.7. The van der Waals surface area contributed by atoms with Crippen molar-refractivity contribution in [3.63, 3.8) is 0 Å². The van der Waals surface area contributed by atoms with E-state index in [1.54, 1.807) is 33.2 Å². The first-order valence-electron chi connectivity index (χ1n) is 14.2. The average Bonchev–Trinajstić information content (AvgIpc) is 2.93. The van der Waals surface area contributed by atoms with Gasteiger partial charge in [0.25, 0.3) is 0 Å². The van der Waals surface area contributed by atoms with Gasteiger partial charge in [0.2, 0.25) is 0 Å². The maximum absolute atomic E-state index is 14.1. The molecule has 3 N–H and O–H groups in total. The summed E-state index contributed by atoms with van der Waals surface area (Å²) in [4.78, 5) is 42.0. The number of amides is 3. The van der Waals surface area contributed by atoms with E-state index in [2.05, 4.69) is 44.5 Å². The van der Waals surface area contributed by atoms with Crippen LogP contribution in [0.5, 0.6) is 0 Å². The number of hydrogen-bond donors (Lipinski definition) is 3. The lowest BCUT2D eigenvalue weighted by atomic mass is 9.79. The van der Waals surface area contributed by atoms with Gasteiger partial charge in [0.05, 0.1) is 18.8 Å². The molecule has 0 saturated heterocycles. The maximum Gasteiger partial charge on any atom is 0.408 e. The molecule has 0 unspecified atom stereocenters. The van der Waals surface area contributed by atoms with Crippen LogP contribution in [-0.4, -0.2) is 74.6 Å². The number of ketones is 1. The minimum atomic E-state index is -2.50. The van der Waals surface area contributed by atoms with Gasteiger partial charge in [0.1, 0.15) is 12.1 Å². The Bertz CT molecular complexity index is 1200. The Kier molecular flexibility index (Phi) is 12.5. The summed E-state index contributed by atoms with van der Waals surface area (Å²) in [6.45, 7) is 11.6. The molecule has 2 aromatic carbocycles. The van der Waals surface area contributed by atoms with Crippen LogP contribution in [0.15, 0.2) is 66.7 Å². The molecule has 230 valence electrons. The van der Waals surface area contributed by atoms with Crippen molar-refractivity contribution in [1.29, 1.82) is 0 Å². The van der Waals surface area contributed by atoms with Gasteiger partial charge in [-0.3, -0.25) is 4.79 Å². The van der Waals surface area contributed by atoms with Crippen molar-refractivity contribution in [2.45, 2.75) is 76.5 Å². The summed E-state index contributed by atoms with van der Waals surface area (Å²) in [5, 5.41) is 15.4. The topological polar surface area (TPSA) is 117 Å². The lowest BCUT2D eigenvalue weighted by molar-refractivity contribution is -0.130. The van der Waals surface area contributed by atoms with Gasteiger partial charge in [0.15, 0.2) is 14.1 Å². The van der Waals surface area contributed by atoms with Crippen LogP contribution in [0.25, 0.3) is 6.08 Å². The molecule has 0 spiro atoms. The summed E-state index contributed by atoms with van der Waals surface area (Å²) in [6, 6.07) is 17.0. The van der Waals surface area contributed by atoms with Gasteiger partial charge in [-0.15, -0.1) is 0 Å². The van der Waals surface area contributed by atoms with E-state index in [-0.39, 0.29) is 18.1 Å². The highest BCUT2D eigenvalue weighted by Gasteiger charge is 2.54. The Labute approximate surface area is 251 Å². The molecular weight excluding hydrogens is 550 g/mol. The number of nitrogens with one attached hydrogen (secondary N) is 2. The molecule has 42 heavy (non-hydrogen) atoms. The van der Waals surface area contributed by atoms with E-state index in [0.29, 0.717) is 0 Å². The molecule has 0 radical (unpaired) electrons. The van der Waals surface area contributed by atoms with Gasteiger partial charge < -0.3 is 29.8 Å². The molecule has 0 aliphatic heterocycles. The number of urea groups is 1. The zero-order valence-corrected chi connectivity index (χ0v) is 27.1. The smallest absolute Gasteiger partial charge is 0.408 e. The number of nitrogens with zero attached hydrogens (tertiary/aromatic N) is 1. The lowest BCUT2D eigenvalue weighted by Crippen LogP contribution is -2.73. The predicted molar refractivity (Wildman–Crippen MR) is 168 cm³/mol. The Hall–Kier alpha value is -3.47.